The molecule has 0 saturated carbocycles. The van der Waals surface area contributed by atoms with Crippen LogP contribution in [0.15, 0.2) is 78.9 Å². The molecule has 0 fully saturated rings. The van der Waals surface area contributed by atoms with Gasteiger partial charge in [-0.05, 0) is 47.5 Å². The second kappa shape index (κ2) is 11.4. The van der Waals surface area contributed by atoms with E-state index < -0.39 is 11.8 Å². The molecule has 7 heteroatoms. The summed E-state index contributed by atoms with van der Waals surface area (Å²) >= 11 is 0. The van der Waals surface area contributed by atoms with Crippen molar-refractivity contribution >= 4 is 11.8 Å². The molecule has 0 radical (unpaired) electrons. The quantitative estimate of drug-likeness (QED) is 0.410. The SMILES string of the molecule is COCCOc1ccc(C(=O)NNC(=O)COc2ccc(-c3ccccc3)cc2)cc1. The lowest BCUT2D eigenvalue weighted by molar-refractivity contribution is -0.123. The van der Waals surface area contributed by atoms with Gasteiger partial charge < -0.3 is 14.2 Å². The topological polar surface area (TPSA) is 85.9 Å². The molecule has 0 spiro atoms. The standard InChI is InChI=1S/C24H24N2O5/c1-29-15-16-30-21-13-9-20(10-14-21)24(28)26-25-23(27)17-31-22-11-7-19(8-12-22)18-5-3-2-4-6-18/h2-14H,15-17H2,1H3,(H,25,27)(H,26,28). The molecule has 31 heavy (non-hydrogen) atoms. The highest BCUT2D eigenvalue weighted by Crippen LogP contribution is 2.21. The fourth-order valence-electron chi connectivity index (χ4n) is 2.70. The van der Waals surface area contributed by atoms with Gasteiger partial charge in [-0.3, -0.25) is 20.4 Å². The third kappa shape index (κ3) is 6.87. The van der Waals surface area contributed by atoms with E-state index >= 15 is 0 Å². The lowest BCUT2D eigenvalue weighted by Gasteiger charge is -2.10. The van der Waals surface area contributed by atoms with Crippen LogP contribution in [0.3, 0.4) is 0 Å². The zero-order chi connectivity index (χ0) is 21.9. The Morgan fingerprint density at radius 3 is 2.00 bits per heavy atom. The fourth-order valence-corrected chi connectivity index (χ4v) is 2.70. The summed E-state index contributed by atoms with van der Waals surface area (Å²) in [4.78, 5) is 24.1. The van der Waals surface area contributed by atoms with E-state index in [-0.39, 0.29) is 6.61 Å². The van der Waals surface area contributed by atoms with Crippen LogP contribution in [0, 0.1) is 0 Å². The monoisotopic (exact) mass is 420 g/mol. The summed E-state index contributed by atoms with van der Waals surface area (Å²) in [6.45, 7) is 0.678. The Kier molecular flexibility index (Phi) is 8.02. The highest BCUT2D eigenvalue weighted by atomic mass is 16.5. The van der Waals surface area contributed by atoms with Crippen molar-refractivity contribution in [3.8, 4) is 22.6 Å². The molecule has 0 atom stereocenters. The smallest absolute Gasteiger partial charge is 0.276 e. The summed E-state index contributed by atoms with van der Waals surface area (Å²) in [5.74, 6) is 0.276. The molecule has 0 aromatic heterocycles. The van der Waals surface area contributed by atoms with Crippen LogP contribution in [0.1, 0.15) is 10.4 Å². The number of hydrogen-bond donors (Lipinski definition) is 2. The van der Waals surface area contributed by atoms with E-state index in [2.05, 4.69) is 10.9 Å². The maximum atomic E-state index is 12.1. The van der Waals surface area contributed by atoms with Crippen LogP contribution in [-0.2, 0) is 9.53 Å². The second-order valence-corrected chi connectivity index (χ2v) is 6.55. The van der Waals surface area contributed by atoms with Crippen LogP contribution < -0.4 is 20.3 Å². The van der Waals surface area contributed by atoms with Crippen molar-refractivity contribution in [2.45, 2.75) is 0 Å². The molecule has 3 rings (SSSR count). The Bertz CT molecular complexity index is 973. The molecule has 160 valence electrons. The first kappa shape index (κ1) is 21.9. The fraction of sp³-hybridized carbons (Fsp3) is 0.167. The van der Waals surface area contributed by atoms with E-state index in [1.165, 1.54) is 0 Å². The van der Waals surface area contributed by atoms with E-state index in [4.69, 9.17) is 14.2 Å². The van der Waals surface area contributed by atoms with Gasteiger partial charge in [0.25, 0.3) is 11.8 Å². The van der Waals surface area contributed by atoms with Crippen molar-refractivity contribution in [2.24, 2.45) is 0 Å². The van der Waals surface area contributed by atoms with Crippen LogP contribution in [0.4, 0.5) is 0 Å². The molecule has 0 heterocycles. The molecule has 0 aliphatic carbocycles. The summed E-state index contributed by atoms with van der Waals surface area (Å²) in [6, 6.07) is 24.0. The minimum atomic E-state index is -0.472. The zero-order valence-corrected chi connectivity index (χ0v) is 17.2. The van der Waals surface area contributed by atoms with Gasteiger partial charge in [-0.1, -0.05) is 42.5 Å². The van der Waals surface area contributed by atoms with Crippen LogP contribution in [0.5, 0.6) is 11.5 Å². The number of hydrazine groups is 1. The number of amides is 2. The van der Waals surface area contributed by atoms with Crippen molar-refractivity contribution < 1.29 is 23.8 Å². The zero-order valence-electron chi connectivity index (χ0n) is 17.2. The lowest BCUT2D eigenvalue weighted by Crippen LogP contribution is -2.43. The van der Waals surface area contributed by atoms with Crippen LogP contribution in [0.25, 0.3) is 11.1 Å². The Balaban J connectivity index is 1.41. The number of rotatable bonds is 9. The highest BCUT2D eigenvalue weighted by molar-refractivity contribution is 5.95. The highest BCUT2D eigenvalue weighted by Gasteiger charge is 2.08. The Morgan fingerprint density at radius 1 is 0.710 bits per heavy atom. The third-order valence-corrected chi connectivity index (χ3v) is 4.32. The second-order valence-electron chi connectivity index (χ2n) is 6.55. The molecule has 2 N–H and O–H groups in total. The number of carbonyl (C=O) groups is 2. The minimum absolute atomic E-state index is 0.225. The first-order valence-electron chi connectivity index (χ1n) is 9.75. The summed E-state index contributed by atoms with van der Waals surface area (Å²) < 4.78 is 15.8. The van der Waals surface area contributed by atoms with Crippen molar-refractivity contribution in [3.63, 3.8) is 0 Å². The molecular formula is C24H24N2O5. The number of carbonyl (C=O) groups excluding carboxylic acids is 2. The van der Waals surface area contributed by atoms with Crippen LogP contribution in [-0.4, -0.2) is 38.7 Å². The molecule has 0 saturated heterocycles. The molecule has 3 aromatic rings. The Morgan fingerprint density at radius 2 is 1.32 bits per heavy atom. The summed E-state index contributed by atoms with van der Waals surface area (Å²) in [6.07, 6.45) is 0. The van der Waals surface area contributed by atoms with Gasteiger partial charge in [0.1, 0.15) is 18.1 Å². The van der Waals surface area contributed by atoms with E-state index in [0.717, 1.165) is 11.1 Å². The molecule has 0 aliphatic heterocycles. The van der Waals surface area contributed by atoms with Gasteiger partial charge in [-0.2, -0.15) is 0 Å². The molecule has 2 amide bonds. The number of ether oxygens (including phenoxy) is 3. The largest absolute Gasteiger partial charge is 0.491 e. The first-order valence-corrected chi connectivity index (χ1v) is 9.75. The molecule has 0 unspecified atom stereocenters. The van der Waals surface area contributed by atoms with Crippen LogP contribution in [0.2, 0.25) is 0 Å². The minimum Gasteiger partial charge on any atom is -0.491 e. The lowest BCUT2D eigenvalue weighted by atomic mass is 10.1. The van der Waals surface area contributed by atoms with Gasteiger partial charge in [-0.25, -0.2) is 0 Å². The predicted octanol–water partition coefficient (Wildman–Crippen LogP) is 3.22. The van der Waals surface area contributed by atoms with Gasteiger partial charge in [0.15, 0.2) is 6.61 Å². The molecule has 7 nitrogen and oxygen atoms in total. The first-order chi connectivity index (χ1) is 15.2. The van der Waals surface area contributed by atoms with Gasteiger partial charge in [0.05, 0.1) is 6.61 Å². The van der Waals surface area contributed by atoms with Crippen molar-refractivity contribution in [1.29, 1.82) is 0 Å². The van der Waals surface area contributed by atoms with Gasteiger partial charge >= 0.3 is 0 Å². The molecule has 0 aliphatic rings. The van der Waals surface area contributed by atoms with E-state index in [9.17, 15) is 9.59 Å². The van der Waals surface area contributed by atoms with Gasteiger partial charge in [0.2, 0.25) is 0 Å². The summed E-state index contributed by atoms with van der Waals surface area (Å²) in [5, 5.41) is 0. The number of benzene rings is 3. The maximum Gasteiger partial charge on any atom is 0.276 e. The average Bonchev–Trinajstić information content (AvgIpc) is 2.82. The number of nitrogens with one attached hydrogen (secondary N) is 2. The molecule has 3 aromatic carbocycles. The summed E-state index contributed by atoms with van der Waals surface area (Å²) in [7, 11) is 1.59. The molecular weight excluding hydrogens is 396 g/mol. The average molecular weight is 420 g/mol. The molecule has 0 bridgehead atoms. The van der Waals surface area contributed by atoms with E-state index in [1.54, 1.807) is 43.5 Å². The van der Waals surface area contributed by atoms with Gasteiger partial charge in [0, 0.05) is 12.7 Å². The van der Waals surface area contributed by atoms with E-state index in [1.807, 2.05) is 42.5 Å². The van der Waals surface area contributed by atoms with Crippen molar-refractivity contribution in [1.82, 2.24) is 10.9 Å². The number of hydrogen-bond acceptors (Lipinski definition) is 5. The Labute approximate surface area is 180 Å². The van der Waals surface area contributed by atoms with Crippen LogP contribution >= 0.6 is 0 Å². The third-order valence-electron chi connectivity index (χ3n) is 4.32. The normalized spacial score (nSPS) is 10.2. The van der Waals surface area contributed by atoms with Gasteiger partial charge in [-0.15, -0.1) is 0 Å². The van der Waals surface area contributed by atoms with Crippen molar-refractivity contribution in [2.75, 3.05) is 26.9 Å². The number of methoxy groups -OCH3 is 1. The maximum absolute atomic E-state index is 12.1. The summed E-state index contributed by atoms with van der Waals surface area (Å²) in [5.41, 5.74) is 7.23. The van der Waals surface area contributed by atoms with Crippen molar-refractivity contribution in [3.05, 3.63) is 84.4 Å². The predicted molar refractivity (Wildman–Crippen MR) is 117 cm³/mol. The van der Waals surface area contributed by atoms with E-state index in [0.29, 0.717) is 30.3 Å². The Hall–Kier alpha value is -3.84.